The predicted molar refractivity (Wildman–Crippen MR) is 67.1 cm³/mol. The van der Waals surface area contributed by atoms with E-state index in [0.717, 1.165) is 0 Å². The summed E-state index contributed by atoms with van der Waals surface area (Å²) in [5, 5.41) is 0. The molecule has 0 spiro atoms. The van der Waals surface area contributed by atoms with Gasteiger partial charge in [0.15, 0.2) is 0 Å². The minimum absolute atomic E-state index is 0. The number of quaternary nitrogens is 1. The lowest BCUT2D eigenvalue weighted by Crippen LogP contribution is -3.00. The van der Waals surface area contributed by atoms with Gasteiger partial charge < -0.3 is 27.6 Å². The van der Waals surface area contributed by atoms with Crippen LogP contribution in [0.2, 0.25) is 0 Å². The second kappa shape index (κ2) is 8.74. The molecule has 1 aromatic carbocycles. The zero-order chi connectivity index (χ0) is 10.4. The summed E-state index contributed by atoms with van der Waals surface area (Å²) in [6.07, 6.45) is 0. The third-order valence-electron chi connectivity index (χ3n) is 3.37. The molecule has 0 unspecified atom stereocenters. The lowest BCUT2D eigenvalue weighted by atomic mass is 10.2. The average Bonchev–Trinajstić information content (AvgIpc) is 2.28. The van der Waals surface area contributed by atoms with Gasteiger partial charge in [-0.15, -0.1) is 0 Å². The molecule has 94 valence electrons. The van der Waals surface area contributed by atoms with Crippen molar-refractivity contribution in [2.75, 3.05) is 19.6 Å². The van der Waals surface area contributed by atoms with E-state index in [-0.39, 0.29) is 23.1 Å². The summed E-state index contributed by atoms with van der Waals surface area (Å²) in [6.45, 7) is 11.7. The molecule has 0 amide bonds. The van der Waals surface area contributed by atoms with Gasteiger partial charge in [0.1, 0.15) is 6.54 Å². The molecular formula is C13H25BrN2. The van der Waals surface area contributed by atoms with Gasteiger partial charge in [0, 0.05) is 5.56 Å². The molecule has 0 aliphatic heterocycles. The number of hydrogen-bond donors (Lipinski definition) is 1. The third-order valence-corrected chi connectivity index (χ3v) is 3.37. The third kappa shape index (κ3) is 4.64. The van der Waals surface area contributed by atoms with Crippen molar-refractivity contribution in [2.24, 2.45) is 0 Å². The van der Waals surface area contributed by atoms with Crippen LogP contribution in [0, 0.1) is 0 Å². The van der Waals surface area contributed by atoms with Crippen molar-refractivity contribution in [3.63, 3.8) is 0 Å². The van der Waals surface area contributed by atoms with Crippen LogP contribution in [0.15, 0.2) is 30.3 Å². The van der Waals surface area contributed by atoms with Crippen molar-refractivity contribution < 1.29 is 21.5 Å². The fraction of sp³-hybridized carbons (Fsp3) is 0.538. The summed E-state index contributed by atoms with van der Waals surface area (Å²) in [5.74, 6) is 0. The average molecular weight is 289 g/mol. The molecule has 2 nitrogen and oxygen atoms in total. The topological polar surface area (TPSA) is 35.0 Å². The van der Waals surface area contributed by atoms with Gasteiger partial charge in [-0.25, -0.2) is 0 Å². The van der Waals surface area contributed by atoms with Gasteiger partial charge in [-0.3, -0.25) is 0 Å². The molecule has 0 heterocycles. The highest BCUT2D eigenvalue weighted by Gasteiger charge is 2.20. The molecule has 0 aliphatic carbocycles. The number of benzene rings is 1. The van der Waals surface area contributed by atoms with Gasteiger partial charge in [0.2, 0.25) is 0 Å². The number of hydrogen-bond acceptors (Lipinski definition) is 1. The Morgan fingerprint density at radius 1 is 0.875 bits per heavy atom. The molecule has 1 aromatic rings. The molecule has 0 bridgehead atoms. The first kappa shape index (κ1) is 18.0. The quantitative estimate of drug-likeness (QED) is 0.774. The van der Waals surface area contributed by atoms with Crippen molar-refractivity contribution in [3.05, 3.63) is 35.9 Å². The van der Waals surface area contributed by atoms with Crippen LogP contribution in [0.25, 0.3) is 0 Å². The molecule has 0 fully saturated rings. The van der Waals surface area contributed by atoms with Gasteiger partial charge in [-0.1, -0.05) is 30.3 Å². The summed E-state index contributed by atoms with van der Waals surface area (Å²) in [4.78, 5) is 0. The normalized spacial score (nSPS) is 10.2. The Kier molecular flexibility index (Phi) is 9.83. The molecule has 3 heteroatoms. The van der Waals surface area contributed by atoms with Crippen LogP contribution in [0.3, 0.4) is 0 Å². The lowest BCUT2D eigenvalue weighted by molar-refractivity contribution is -0.936. The van der Waals surface area contributed by atoms with E-state index in [1.54, 1.807) is 0 Å². The van der Waals surface area contributed by atoms with E-state index in [9.17, 15) is 0 Å². The Morgan fingerprint density at radius 2 is 1.31 bits per heavy atom. The maximum Gasteiger partial charge on any atom is 0.104 e. The second-order valence-corrected chi connectivity index (χ2v) is 3.93. The molecule has 0 saturated carbocycles. The molecule has 0 aliphatic rings. The number of rotatable bonds is 5. The Morgan fingerprint density at radius 3 is 1.69 bits per heavy atom. The van der Waals surface area contributed by atoms with Crippen molar-refractivity contribution in [3.8, 4) is 0 Å². The minimum atomic E-state index is 0. The molecule has 0 radical (unpaired) electrons. The molecule has 0 atom stereocenters. The van der Waals surface area contributed by atoms with Crippen LogP contribution in [-0.4, -0.2) is 24.1 Å². The Labute approximate surface area is 111 Å². The second-order valence-electron chi connectivity index (χ2n) is 3.93. The summed E-state index contributed by atoms with van der Waals surface area (Å²) in [6, 6.07) is 10.8. The van der Waals surface area contributed by atoms with Crippen LogP contribution < -0.4 is 23.1 Å². The van der Waals surface area contributed by atoms with Gasteiger partial charge in [0.25, 0.3) is 0 Å². The number of nitrogens with zero attached hydrogens (tertiary/aromatic N) is 1. The van der Waals surface area contributed by atoms with E-state index in [2.05, 4.69) is 51.1 Å². The molecular weight excluding hydrogens is 264 g/mol. The van der Waals surface area contributed by atoms with Crippen molar-refractivity contribution >= 4 is 0 Å². The lowest BCUT2D eigenvalue weighted by Gasteiger charge is -2.35. The van der Waals surface area contributed by atoms with Gasteiger partial charge in [-0.2, -0.15) is 0 Å². The van der Waals surface area contributed by atoms with Crippen molar-refractivity contribution in [1.82, 2.24) is 6.15 Å². The van der Waals surface area contributed by atoms with E-state index in [1.165, 1.54) is 36.2 Å². The highest BCUT2D eigenvalue weighted by atomic mass is 79.9. The molecule has 3 N–H and O–H groups in total. The zero-order valence-electron chi connectivity index (χ0n) is 10.7. The summed E-state index contributed by atoms with van der Waals surface area (Å²) in [7, 11) is 0. The highest BCUT2D eigenvalue weighted by molar-refractivity contribution is 5.13. The monoisotopic (exact) mass is 288 g/mol. The Hall–Kier alpha value is -0.380. The van der Waals surface area contributed by atoms with E-state index >= 15 is 0 Å². The van der Waals surface area contributed by atoms with E-state index in [0.29, 0.717) is 0 Å². The van der Waals surface area contributed by atoms with Crippen LogP contribution in [0.1, 0.15) is 26.3 Å². The van der Waals surface area contributed by atoms with E-state index < -0.39 is 0 Å². The van der Waals surface area contributed by atoms with Crippen LogP contribution in [-0.2, 0) is 6.54 Å². The predicted octanol–water partition coefficient (Wildman–Crippen LogP) is 0.229. The molecule has 0 saturated heterocycles. The minimum Gasteiger partial charge on any atom is -1.00 e. The van der Waals surface area contributed by atoms with E-state index in [1.807, 2.05) is 0 Å². The standard InChI is InChI=1S/C13H22N.BrH.H3N/c1-4-14(5-2,6-3)12-13-10-8-7-9-11-13;;/h7-11H,4-6,12H2,1-3H3;1H;1H3/q+1;;/p-1. The maximum atomic E-state index is 2.29. The maximum absolute atomic E-state index is 2.29. The SMILES string of the molecule is CC[N+](CC)(CC)Cc1ccccc1.N.[Br-]. The van der Waals surface area contributed by atoms with Gasteiger partial charge in [-0.05, 0) is 20.8 Å². The Balaban J connectivity index is 0. The zero-order valence-corrected chi connectivity index (χ0v) is 12.3. The summed E-state index contributed by atoms with van der Waals surface area (Å²) < 4.78 is 1.20. The largest absolute Gasteiger partial charge is 1.00 e. The first-order valence-electron chi connectivity index (χ1n) is 5.65. The van der Waals surface area contributed by atoms with E-state index in [4.69, 9.17) is 0 Å². The van der Waals surface area contributed by atoms with Crippen LogP contribution in [0.4, 0.5) is 0 Å². The molecule has 16 heavy (non-hydrogen) atoms. The van der Waals surface area contributed by atoms with Gasteiger partial charge >= 0.3 is 0 Å². The van der Waals surface area contributed by atoms with Crippen molar-refractivity contribution in [1.29, 1.82) is 0 Å². The first-order valence-corrected chi connectivity index (χ1v) is 5.65. The smallest absolute Gasteiger partial charge is 0.104 e. The molecule has 0 aromatic heterocycles. The molecule has 1 rings (SSSR count). The fourth-order valence-electron chi connectivity index (χ4n) is 1.98. The van der Waals surface area contributed by atoms with Crippen LogP contribution in [0.5, 0.6) is 0 Å². The van der Waals surface area contributed by atoms with Crippen LogP contribution >= 0.6 is 0 Å². The fourth-order valence-corrected chi connectivity index (χ4v) is 1.98. The number of halogens is 1. The highest BCUT2D eigenvalue weighted by Crippen LogP contribution is 2.13. The van der Waals surface area contributed by atoms with Crippen molar-refractivity contribution in [2.45, 2.75) is 27.3 Å². The van der Waals surface area contributed by atoms with Gasteiger partial charge in [0.05, 0.1) is 19.6 Å². The summed E-state index contributed by atoms with van der Waals surface area (Å²) in [5.41, 5.74) is 1.46. The summed E-state index contributed by atoms with van der Waals surface area (Å²) >= 11 is 0. The first-order chi connectivity index (χ1) is 6.76. The Bertz CT molecular complexity index is 250.